The van der Waals surface area contributed by atoms with E-state index in [-0.39, 0.29) is 11.8 Å². The van der Waals surface area contributed by atoms with Gasteiger partial charge in [-0.1, -0.05) is 6.58 Å². The molecule has 0 N–H and O–H groups in total. The van der Waals surface area contributed by atoms with Gasteiger partial charge in [0.15, 0.2) is 0 Å². The van der Waals surface area contributed by atoms with Crippen LogP contribution in [0.25, 0.3) is 0 Å². The summed E-state index contributed by atoms with van der Waals surface area (Å²) in [5.74, 6) is -0.510. The minimum absolute atomic E-state index is 0.255. The van der Waals surface area contributed by atoms with E-state index < -0.39 is 0 Å². The van der Waals surface area contributed by atoms with Crippen molar-refractivity contribution in [3.63, 3.8) is 0 Å². The average molecular weight is 183 g/mol. The lowest BCUT2D eigenvalue weighted by molar-refractivity contribution is -0.136. The van der Waals surface area contributed by atoms with Gasteiger partial charge in [0, 0.05) is 18.7 Å². The van der Waals surface area contributed by atoms with Crippen LogP contribution in [0.3, 0.4) is 0 Å². The van der Waals surface area contributed by atoms with Crippen LogP contribution in [0.2, 0.25) is 0 Å². The quantitative estimate of drug-likeness (QED) is 0.517. The van der Waals surface area contributed by atoms with Crippen LogP contribution in [0.4, 0.5) is 0 Å². The SMILES string of the molecule is C=C(S)CCN1C(=O)C=CC1=O. The summed E-state index contributed by atoms with van der Waals surface area (Å²) >= 11 is 3.97. The molecule has 64 valence electrons. The molecule has 0 saturated heterocycles. The summed E-state index contributed by atoms with van der Waals surface area (Å²) in [5, 5.41) is 0. The molecule has 0 unspecified atom stereocenters. The molecule has 0 aromatic carbocycles. The Bertz CT molecular complexity index is 252. The second-order valence-electron chi connectivity index (χ2n) is 2.48. The molecule has 0 aliphatic carbocycles. The highest BCUT2D eigenvalue weighted by Gasteiger charge is 2.22. The van der Waals surface area contributed by atoms with E-state index in [4.69, 9.17) is 0 Å². The Labute approximate surface area is 76.1 Å². The second kappa shape index (κ2) is 3.58. The summed E-state index contributed by atoms with van der Waals surface area (Å²) < 4.78 is 0. The molecule has 0 radical (unpaired) electrons. The van der Waals surface area contributed by atoms with Gasteiger partial charge in [0.25, 0.3) is 11.8 Å². The molecular formula is C8H9NO2S. The molecule has 3 nitrogen and oxygen atoms in total. The van der Waals surface area contributed by atoms with E-state index in [0.29, 0.717) is 17.9 Å². The van der Waals surface area contributed by atoms with Crippen LogP contribution in [0.5, 0.6) is 0 Å². The van der Waals surface area contributed by atoms with Crippen LogP contribution >= 0.6 is 12.6 Å². The Morgan fingerprint density at radius 1 is 1.42 bits per heavy atom. The smallest absolute Gasteiger partial charge is 0.253 e. The fourth-order valence-electron chi connectivity index (χ4n) is 0.892. The lowest BCUT2D eigenvalue weighted by Gasteiger charge is -2.12. The summed E-state index contributed by atoms with van der Waals surface area (Å²) in [6, 6.07) is 0. The van der Waals surface area contributed by atoms with E-state index in [0.717, 1.165) is 0 Å². The monoisotopic (exact) mass is 183 g/mol. The van der Waals surface area contributed by atoms with Crippen molar-refractivity contribution in [2.45, 2.75) is 6.42 Å². The first-order valence-electron chi connectivity index (χ1n) is 3.51. The number of carbonyl (C=O) groups excluding carboxylic acids is 2. The number of carbonyl (C=O) groups is 2. The minimum Gasteiger partial charge on any atom is -0.275 e. The van der Waals surface area contributed by atoms with Gasteiger partial charge in [0.2, 0.25) is 0 Å². The van der Waals surface area contributed by atoms with Gasteiger partial charge in [-0.3, -0.25) is 14.5 Å². The predicted octanol–water partition coefficient (Wildman–Crippen LogP) is 0.745. The van der Waals surface area contributed by atoms with Gasteiger partial charge in [0.05, 0.1) is 0 Å². The van der Waals surface area contributed by atoms with Gasteiger partial charge in [-0.2, -0.15) is 0 Å². The van der Waals surface area contributed by atoms with Crippen LogP contribution in [-0.2, 0) is 9.59 Å². The predicted molar refractivity (Wildman–Crippen MR) is 48.6 cm³/mol. The van der Waals surface area contributed by atoms with Gasteiger partial charge in [-0.05, 0) is 11.3 Å². The van der Waals surface area contributed by atoms with E-state index in [9.17, 15) is 9.59 Å². The fraction of sp³-hybridized carbons (Fsp3) is 0.250. The Morgan fingerprint density at radius 3 is 2.33 bits per heavy atom. The van der Waals surface area contributed by atoms with Crippen LogP contribution in [0.15, 0.2) is 23.6 Å². The van der Waals surface area contributed by atoms with Crippen molar-refractivity contribution >= 4 is 24.4 Å². The fourth-order valence-corrected chi connectivity index (χ4v) is 0.992. The average Bonchev–Trinajstić information content (AvgIpc) is 2.28. The molecule has 1 aliphatic heterocycles. The number of hydrogen-bond acceptors (Lipinski definition) is 3. The molecule has 0 aromatic heterocycles. The minimum atomic E-state index is -0.255. The van der Waals surface area contributed by atoms with Gasteiger partial charge in [-0.15, -0.1) is 12.6 Å². The molecule has 12 heavy (non-hydrogen) atoms. The molecule has 0 aromatic rings. The maximum Gasteiger partial charge on any atom is 0.253 e. The summed E-state index contributed by atoms with van der Waals surface area (Å²) in [6.45, 7) is 3.93. The second-order valence-corrected chi connectivity index (χ2v) is 3.11. The molecule has 0 bridgehead atoms. The highest BCUT2D eigenvalue weighted by atomic mass is 32.1. The molecule has 0 fully saturated rings. The first-order valence-corrected chi connectivity index (χ1v) is 3.96. The molecule has 1 aliphatic rings. The maximum absolute atomic E-state index is 11.0. The van der Waals surface area contributed by atoms with Crippen LogP contribution < -0.4 is 0 Å². The van der Waals surface area contributed by atoms with E-state index in [1.54, 1.807) is 0 Å². The van der Waals surface area contributed by atoms with E-state index in [1.807, 2.05) is 0 Å². The van der Waals surface area contributed by atoms with E-state index in [1.165, 1.54) is 17.1 Å². The molecule has 1 rings (SSSR count). The molecule has 4 heteroatoms. The zero-order valence-corrected chi connectivity index (χ0v) is 7.38. The third kappa shape index (κ3) is 1.98. The molecule has 0 saturated carbocycles. The highest BCUT2D eigenvalue weighted by Crippen LogP contribution is 2.08. The van der Waals surface area contributed by atoms with Crippen molar-refractivity contribution < 1.29 is 9.59 Å². The topological polar surface area (TPSA) is 37.4 Å². The first kappa shape index (κ1) is 9.06. The van der Waals surface area contributed by atoms with Crippen molar-refractivity contribution in [1.29, 1.82) is 0 Å². The first-order chi connectivity index (χ1) is 5.61. The third-order valence-corrected chi connectivity index (χ3v) is 1.75. The zero-order chi connectivity index (χ0) is 9.14. The molecule has 0 atom stereocenters. The Hall–Kier alpha value is -1.03. The summed E-state index contributed by atoms with van der Waals surface area (Å²) in [6.07, 6.45) is 3.08. The number of thiol groups is 1. The zero-order valence-electron chi connectivity index (χ0n) is 6.49. The number of imide groups is 1. The largest absolute Gasteiger partial charge is 0.275 e. The number of rotatable bonds is 3. The van der Waals surface area contributed by atoms with Crippen molar-refractivity contribution in [3.8, 4) is 0 Å². The molecule has 1 heterocycles. The summed E-state index contributed by atoms with van der Waals surface area (Å²) in [5.41, 5.74) is 0. The van der Waals surface area contributed by atoms with E-state index >= 15 is 0 Å². The summed E-state index contributed by atoms with van der Waals surface area (Å²) in [4.78, 5) is 23.8. The maximum atomic E-state index is 11.0. The van der Waals surface area contributed by atoms with Gasteiger partial charge < -0.3 is 0 Å². The summed E-state index contributed by atoms with van der Waals surface area (Å²) in [7, 11) is 0. The van der Waals surface area contributed by atoms with Gasteiger partial charge in [0.1, 0.15) is 0 Å². The van der Waals surface area contributed by atoms with Crippen LogP contribution in [-0.4, -0.2) is 23.3 Å². The molecular weight excluding hydrogens is 174 g/mol. The Kier molecular flexibility index (Phi) is 2.70. The van der Waals surface area contributed by atoms with Crippen molar-refractivity contribution in [2.24, 2.45) is 0 Å². The van der Waals surface area contributed by atoms with Crippen molar-refractivity contribution in [1.82, 2.24) is 4.90 Å². The molecule has 0 spiro atoms. The van der Waals surface area contributed by atoms with E-state index in [2.05, 4.69) is 19.2 Å². The molecule has 2 amide bonds. The number of amides is 2. The van der Waals surface area contributed by atoms with Crippen LogP contribution in [0, 0.1) is 0 Å². The lowest BCUT2D eigenvalue weighted by atomic mass is 10.4. The van der Waals surface area contributed by atoms with Gasteiger partial charge >= 0.3 is 0 Å². The number of nitrogens with zero attached hydrogens (tertiary/aromatic N) is 1. The highest BCUT2D eigenvalue weighted by molar-refractivity contribution is 7.84. The third-order valence-electron chi connectivity index (χ3n) is 1.52. The van der Waals surface area contributed by atoms with Crippen molar-refractivity contribution in [3.05, 3.63) is 23.6 Å². The number of hydrogen-bond donors (Lipinski definition) is 1. The standard InChI is InChI=1S/C8H9NO2S/c1-6(12)4-5-9-7(10)2-3-8(9)11/h2-3,12H,1,4-5H2. The lowest BCUT2D eigenvalue weighted by Crippen LogP contribution is -2.30. The van der Waals surface area contributed by atoms with Crippen LogP contribution in [0.1, 0.15) is 6.42 Å². The van der Waals surface area contributed by atoms with Gasteiger partial charge in [-0.25, -0.2) is 0 Å². The Morgan fingerprint density at radius 2 is 1.92 bits per heavy atom. The Balaban J connectivity index is 2.48. The van der Waals surface area contributed by atoms with Crippen molar-refractivity contribution in [2.75, 3.05) is 6.54 Å². The normalized spacial score (nSPS) is 15.9.